The van der Waals surface area contributed by atoms with Gasteiger partial charge in [-0.15, -0.1) is 0 Å². The number of hydrogen-bond donors (Lipinski definition) is 2. The highest BCUT2D eigenvalue weighted by Crippen LogP contribution is 2.27. The number of benzene rings is 3. The van der Waals surface area contributed by atoms with Crippen LogP contribution in [0, 0.1) is 6.92 Å². The molecule has 0 aromatic heterocycles. The lowest BCUT2D eigenvalue weighted by Crippen LogP contribution is -2.50. The Morgan fingerprint density at radius 3 is 2.51 bits per heavy atom. The van der Waals surface area contributed by atoms with Gasteiger partial charge in [0.2, 0.25) is 5.91 Å². The van der Waals surface area contributed by atoms with Gasteiger partial charge in [0, 0.05) is 52.9 Å². The lowest BCUT2D eigenvalue weighted by molar-refractivity contribution is -0.133. The first-order chi connectivity index (χ1) is 19.8. The van der Waals surface area contributed by atoms with Crippen LogP contribution in [0.4, 0.5) is 0 Å². The zero-order valence-electron chi connectivity index (χ0n) is 23.4. The summed E-state index contributed by atoms with van der Waals surface area (Å²) >= 11 is 19.1. The minimum absolute atomic E-state index is 0.0462. The molecular formula is C32H37Cl3N4O2. The summed E-state index contributed by atoms with van der Waals surface area (Å²) < 4.78 is 0. The molecule has 2 unspecified atom stereocenters. The molecule has 0 bridgehead atoms. The molecule has 6 nitrogen and oxygen atoms in total. The molecule has 0 saturated carbocycles. The molecule has 2 aliphatic heterocycles. The molecule has 41 heavy (non-hydrogen) atoms. The molecule has 218 valence electrons. The minimum atomic E-state index is -0.342. The van der Waals surface area contributed by atoms with Crippen molar-refractivity contribution in [2.24, 2.45) is 0 Å². The number of nitrogens with one attached hydrogen (secondary N) is 2. The number of carbonyl (C=O) groups is 2. The van der Waals surface area contributed by atoms with Crippen LogP contribution in [0.1, 0.15) is 53.6 Å². The first kappa shape index (κ1) is 30.1. The molecule has 2 atom stereocenters. The molecule has 2 amide bonds. The first-order valence-electron chi connectivity index (χ1n) is 14.5. The smallest absolute Gasteiger partial charge is 0.251 e. The second kappa shape index (κ2) is 13.7. The highest BCUT2D eigenvalue weighted by atomic mass is 35.5. The lowest BCUT2D eigenvalue weighted by atomic mass is 10.1. The van der Waals surface area contributed by atoms with Gasteiger partial charge in [-0.25, -0.2) is 0 Å². The Bertz CT molecular complexity index is 1410. The summed E-state index contributed by atoms with van der Waals surface area (Å²) in [5.41, 5.74) is 2.34. The Hall–Kier alpha value is -2.35. The van der Waals surface area contributed by atoms with Crippen molar-refractivity contribution in [1.29, 1.82) is 0 Å². The summed E-state index contributed by atoms with van der Waals surface area (Å²) in [6.45, 7) is 6.35. The molecule has 3 aromatic carbocycles. The van der Waals surface area contributed by atoms with E-state index in [0.717, 1.165) is 48.0 Å². The molecule has 5 rings (SSSR count). The van der Waals surface area contributed by atoms with Gasteiger partial charge in [-0.1, -0.05) is 53.4 Å². The van der Waals surface area contributed by atoms with E-state index < -0.39 is 0 Å². The molecule has 0 aliphatic carbocycles. The standard InChI is InChI=1S/C32H37Cl3N4O2/c1-21-15-27(34)18-25(30(21)35)20-39-14-9-28(37-29(32(39)41)10-13-38-11-3-2-4-12-38)19-36-31(40)24-6-5-23-17-26(33)8-7-22(23)16-24/h5-8,15-18,28-29,37H,2-4,9-14,19-20H2,1H3,(H,36,40). The number of carbonyl (C=O) groups excluding carboxylic acids is 2. The maximum absolute atomic E-state index is 13.8. The second-order valence-corrected chi connectivity index (χ2v) is 12.5. The van der Waals surface area contributed by atoms with Gasteiger partial charge in [0.1, 0.15) is 0 Å². The Kier molecular flexibility index (Phi) is 10.1. The van der Waals surface area contributed by atoms with E-state index >= 15 is 0 Å². The molecule has 2 N–H and O–H groups in total. The normalized spacial score (nSPS) is 20.3. The molecular weight excluding hydrogens is 579 g/mol. The van der Waals surface area contributed by atoms with Crippen LogP contribution in [0.15, 0.2) is 48.5 Å². The van der Waals surface area contributed by atoms with Crippen molar-refractivity contribution in [1.82, 2.24) is 20.4 Å². The number of hydrogen-bond acceptors (Lipinski definition) is 4. The second-order valence-electron chi connectivity index (χ2n) is 11.3. The summed E-state index contributed by atoms with van der Waals surface area (Å²) in [5.74, 6) is -0.0696. The van der Waals surface area contributed by atoms with E-state index in [2.05, 4.69) is 15.5 Å². The van der Waals surface area contributed by atoms with Crippen LogP contribution in [-0.4, -0.2) is 66.4 Å². The summed E-state index contributed by atoms with van der Waals surface area (Å²) in [5, 5.41) is 10.6. The van der Waals surface area contributed by atoms with E-state index in [-0.39, 0.29) is 23.9 Å². The zero-order valence-corrected chi connectivity index (χ0v) is 25.7. The van der Waals surface area contributed by atoms with Gasteiger partial charge in [-0.3, -0.25) is 9.59 Å². The lowest BCUT2D eigenvalue weighted by Gasteiger charge is -2.30. The summed E-state index contributed by atoms with van der Waals surface area (Å²) in [6.07, 6.45) is 5.12. The predicted octanol–water partition coefficient (Wildman–Crippen LogP) is 6.47. The van der Waals surface area contributed by atoms with Crippen LogP contribution in [0.3, 0.4) is 0 Å². The van der Waals surface area contributed by atoms with Crippen LogP contribution in [0.2, 0.25) is 15.1 Å². The van der Waals surface area contributed by atoms with Gasteiger partial charge in [0.15, 0.2) is 0 Å². The monoisotopic (exact) mass is 614 g/mol. The van der Waals surface area contributed by atoms with Crippen molar-refractivity contribution in [2.75, 3.05) is 32.7 Å². The van der Waals surface area contributed by atoms with Crippen molar-refractivity contribution >= 4 is 57.4 Å². The van der Waals surface area contributed by atoms with Crippen LogP contribution >= 0.6 is 34.8 Å². The van der Waals surface area contributed by atoms with E-state index in [9.17, 15) is 9.59 Å². The van der Waals surface area contributed by atoms with Crippen molar-refractivity contribution in [3.8, 4) is 0 Å². The maximum Gasteiger partial charge on any atom is 0.251 e. The van der Waals surface area contributed by atoms with E-state index in [0.29, 0.717) is 46.7 Å². The van der Waals surface area contributed by atoms with Crippen molar-refractivity contribution in [3.05, 3.63) is 80.3 Å². The Morgan fingerprint density at radius 1 is 0.951 bits per heavy atom. The van der Waals surface area contributed by atoms with Gasteiger partial charge >= 0.3 is 0 Å². The number of rotatable bonds is 8. The van der Waals surface area contributed by atoms with Crippen LogP contribution < -0.4 is 10.6 Å². The largest absolute Gasteiger partial charge is 0.350 e. The molecule has 0 spiro atoms. The highest BCUT2D eigenvalue weighted by molar-refractivity contribution is 6.34. The molecule has 9 heteroatoms. The van der Waals surface area contributed by atoms with Crippen LogP contribution in [0.25, 0.3) is 10.8 Å². The molecule has 2 heterocycles. The summed E-state index contributed by atoms with van der Waals surface area (Å²) in [6, 6.07) is 14.5. The van der Waals surface area contributed by atoms with Gasteiger partial charge in [0.25, 0.3) is 5.91 Å². The maximum atomic E-state index is 13.8. The number of halogens is 3. The van der Waals surface area contributed by atoms with Crippen molar-refractivity contribution in [3.63, 3.8) is 0 Å². The Balaban J connectivity index is 1.28. The summed E-state index contributed by atoms with van der Waals surface area (Å²) in [7, 11) is 0. The van der Waals surface area contributed by atoms with E-state index in [1.807, 2.05) is 60.4 Å². The SMILES string of the molecule is Cc1cc(Cl)cc(CN2CCC(CNC(=O)c3ccc4cc(Cl)ccc4c3)NC(CCN3CCCCC3)C2=O)c1Cl. The van der Waals surface area contributed by atoms with E-state index in [1.165, 1.54) is 19.3 Å². The highest BCUT2D eigenvalue weighted by Gasteiger charge is 2.32. The predicted molar refractivity (Wildman–Crippen MR) is 168 cm³/mol. The average Bonchev–Trinajstić information content (AvgIpc) is 3.11. The quantitative estimate of drug-likeness (QED) is 0.305. The first-order valence-corrected chi connectivity index (χ1v) is 15.6. The molecule has 2 aliphatic rings. The Labute approximate surface area is 257 Å². The zero-order chi connectivity index (χ0) is 28.9. The molecule has 2 saturated heterocycles. The van der Waals surface area contributed by atoms with Crippen molar-refractivity contribution < 1.29 is 9.59 Å². The number of aryl methyl sites for hydroxylation is 1. The number of likely N-dealkylation sites (tertiary alicyclic amines) is 1. The third-order valence-electron chi connectivity index (χ3n) is 8.21. The Morgan fingerprint density at radius 2 is 1.71 bits per heavy atom. The van der Waals surface area contributed by atoms with Crippen LogP contribution in [-0.2, 0) is 11.3 Å². The fourth-order valence-corrected chi connectivity index (χ4v) is 6.54. The molecule has 3 aromatic rings. The number of fused-ring (bicyclic) bond motifs is 1. The topological polar surface area (TPSA) is 64.7 Å². The number of nitrogens with zero attached hydrogens (tertiary/aromatic N) is 2. The molecule has 0 radical (unpaired) electrons. The fraction of sp³-hybridized carbons (Fsp3) is 0.438. The third-order valence-corrected chi connectivity index (χ3v) is 9.20. The van der Waals surface area contributed by atoms with Gasteiger partial charge < -0.3 is 20.4 Å². The minimum Gasteiger partial charge on any atom is -0.350 e. The van der Waals surface area contributed by atoms with Crippen LogP contribution in [0.5, 0.6) is 0 Å². The number of piperidine rings is 1. The van der Waals surface area contributed by atoms with Gasteiger partial charge in [-0.2, -0.15) is 0 Å². The van der Waals surface area contributed by atoms with Gasteiger partial charge in [0.05, 0.1) is 6.04 Å². The molecule has 2 fully saturated rings. The summed E-state index contributed by atoms with van der Waals surface area (Å²) in [4.78, 5) is 31.3. The third kappa shape index (κ3) is 7.74. The fourth-order valence-electron chi connectivity index (χ4n) is 5.89. The van der Waals surface area contributed by atoms with Crippen molar-refractivity contribution in [2.45, 2.75) is 57.7 Å². The van der Waals surface area contributed by atoms with E-state index in [4.69, 9.17) is 34.8 Å². The number of amides is 2. The average molecular weight is 616 g/mol. The van der Waals surface area contributed by atoms with E-state index in [1.54, 1.807) is 0 Å². The van der Waals surface area contributed by atoms with Gasteiger partial charge in [-0.05, 0) is 104 Å².